The van der Waals surface area contributed by atoms with Gasteiger partial charge in [-0.2, -0.15) is 0 Å². The van der Waals surface area contributed by atoms with Crippen LogP contribution >= 0.6 is 24.0 Å². The normalized spacial score (nSPS) is 11.0. The van der Waals surface area contributed by atoms with Gasteiger partial charge in [0, 0.05) is 33.5 Å². The molecule has 1 aromatic rings. The molecule has 6 nitrogen and oxygen atoms in total. The zero-order valence-electron chi connectivity index (χ0n) is 13.6. The van der Waals surface area contributed by atoms with E-state index in [0.717, 1.165) is 24.6 Å². The molecular weight excluding hydrogens is 395 g/mol. The van der Waals surface area contributed by atoms with Crippen molar-refractivity contribution in [1.29, 1.82) is 0 Å². The number of aryl methyl sites for hydroxylation is 1. The monoisotopic (exact) mass is 422 g/mol. The van der Waals surface area contributed by atoms with E-state index in [-0.39, 0.29) is 24.0 Å². The molecular formula is C15H27IN4O2. The Kier molecular flexibility index (Phi) is 13.1. The molecule has 0 radical (unpaired) electrons. The fourth-order valence-electron chi connectivity index (χ4n) is 1.72. The Hall–Kier alpha value is -0.930. The number of rotatable bonds is 9. The van der Waals surface area contributed by atoms with Crippen LogP contribution in [0.5, 0.6) is 0 Å². The summed E-state index contributed by atoms with van der Waals surface area (Å²) in [6.07, 6.45) is 2.73. The second-order valence-corrected chi connectivity index (χ2v) is 4.58. The molecule has 0 unspecified atom stereocenters. The lowest BCUT2D eigenvalue weighted by Gasteiger charge is -2.12. The van der Waals surface area contributed by atoms with E-state index < -0.39 is 0 Å². The summed E-state index contributed by atoms with van der Waals surface area (Å²) >= 11 is 0. The summed E-state index contributed by atoms with van der Waals surface area (Å²) in [4.78, 5) is 8.53. The maximum atomic E-state index is 5.40. The fourth-order valence-corrected chi connectivity index (χ4v) is 1.72. The number of aliphatic imine (C=N–C) groups is 1. The van der Waals surface area contributed by atoms with Crippen LogP contribution < -0.4 is 10.6 Å². The van der Waals surface area contributed by atoms with Crippen LogP contribution in [0.1, 0.15) is 17.7 Å². The van der Waals surface area contributed by atoms with Crippen molar-refractivity contribution in [1.82, 2.24) is 15.6 Å². The average molecular weight is 422 g/mol. The third-order valence-corrected chi connectivity index (χ3v) is 2.95. The molecule has 0 saturated heterocycles. The van der Waals surface area contributed by atoms with E-state index in [1.54, 1.807) is 20.4 Å². The largest absolute Gasteiger partial charge is 0.382 e. The van der Waals surface area contributed by atoms with E-state index in [1.807, 2.05) is 6.07 Å². The van der Waals surface area contributed by atoms with Crippen molar-refractivity contribution >= 4 is 29.9 Å². The van der Waals surface area contributed by atoms with Gasteiger partial charge >= 0.3 is 0 Å². The third-order valence-electron chi connectivity index (χ3n) is 2.95. The lowest BCUT2D eigenvalue weighted by molar-refractivity contribution is 0.0698. The molecule has 0 amide bonds. The van der Waals surface area contributed by atoms with Crippen LogP contribution in [0, 0.1) is 6.92 Å². The summed E-state index contributed by atoms with van der Waals surface area (Å²) < 4.78 is 10.3. The van der Waals surface area contributed by atoms with Crippen molar-refractivity contribution < 1.29 is 9.47 Å². The van der Waals surface area contributed by atoms with E-state index in [1.165, 1.54) is 5.56 Å². The molecule has 1 rings (SSSR count). The first-order valence-electron chi connectivity index (χ1n) is 7.19. The average Bonchev–Trinajstić information content (AvgIpc) is 2.51. The number of methoxy groups -OCH3 is 1. The van der Waals surface area contributed by atoms with Gasteiger partial charge in [-0.25, -0.2) is 0 Å². The van der Waals surface area contributed by atoms with E-state index in [9.17, 15) is 0 Å². The highest BCUT2D eigenvalue weighted by atomic mass is 127. The number of guanidine groups is 1. The van der Waals surface area contributed by atoms with E-state index in [0.29, 0.717) is 26.4 Å². The van der Waals surface area contributed by atoms with Gasteiger partial charge < -0.3 is 20.1 Å². The quantitative estimate of drug-likeness (QED) is 0.275. The lowest BCUT2D eigenvalue weighted by atomic mass is 10.2. The van der Waals surface area contributed by atoms with Gasteiger partial charge in [0.2, 0.25) is 0 Å². The van der Waals surface area contributed by atoms with Crippen LogP contribution in [-0.4, -0.2) is 51.5 Å². The van der Waals surface area contributed by atoms with Crippen LogP contribution in [0.25, 0.3) is 0 Å². The van der Waals surface area contributed by atoms with Crippen molar-refractivity contribution in [3.05, 3.63) is 29.6 Å². The zero-order valence-corrected chi connectivity index (χ0v) is 15.9. The summed E-state index contributed by atoms with van der Waals surface area (Å²) in [7, 11) is 3.43. The van der Waals surface area contributed by atoms with E-state index in [4.69, 9.17) is 9.47 Å². The number of halogens is 1. The minimum absolute atomic E-state index is 0. The van der Waals surface area contributed by atoms with E-state index in [2.05, 4.69) is 33.6 Å². The number of hydrogen-bond donors (Lipinski definition) is 2. The molecule has 0 aromatic carbocycles. The number of aromatic nitrogens is 1. The van der Waals surface area contributed by atoms with Crippen molar-refractivity contribution in [3.8, 4) is 0 Å². The van der Waals surface area contributed by atoms with Gasteiger partial charge in [0.05, 0.1) is 25.5 Å². The molecule has 1 heterocycles. The standard InChI is InChI=1S/C15H26N4O2.HI/c1-13-6-4-7-17-14(13)12-19-15(16-2)18-8-5-9-21-11-10-20-3;/h4,6-7H,5,8-12H2,1-3H3,(H2,16,18,19);1H. The minimum atomic E-state index is 0. The second-order valence-electron chi connectivity index (χ2n) is 4.58. The van der Waals surface area contributed by atoms with Crippen molar-refractivity contribution in [3.63, 3.8) is 0 Å². The van der Waals surface area contributed by atoms with Crippen LogP contribution in [0.4, 0.5) is 0 Å². The zero-order chi connectivity index (χ0) is 15.3. The number of nitrogens with zero attached hydrogens (tertiary/aromatic N) is 2. The summed E-state index contributed by atoms with van der Waals surface area (Å²) in [6, 6.07) is 3.99. The summed E-state index contributed by atoms with van der Waals surface area (Å²) in [5.74, 6) is 0.775. The Bertz CT molecular complexity index is 430. The molecule has 0 bridgehead atoms. The van der Waals surface area contributed by atoms with Gasteiger partial charge in [-0.1, -0.05) is 6.07 Å². The first-order chi connectivity index (χ1) is 10.3. The Morgan fingerprint density at radius 3 is 2.77 bits per heavy atom. The highest BCUT2D eigenvalue weighted by Gasteiger charge is 2.01. The molecule has 0 aliphatic rings. The van der Waals surface area contributed by atoms with Crippen LogP contribution in [0.2, 0.25) is 0 Å². The minimum Gasteiger partial charge on any atom is -0.382 e. The number of ether oxygens (including phenoxy) is 2. The van der Waals surface area contributed by atoms with Crippen molar-refractivity contribution in [2.45, 2.75) is 19.9 Å². The molecule has 0 saturated carbocycles. The highest BCUT2D eigenvalue weighted by Crippen LogP contribution is 2.01. The first-order valence-corrected chi connectivity index (χ1v) is 7.19. The molecule has 0 aliphatic carbocycles. The number of hydrogen-bond acceptors (Lipinski definition) is 4. The molecule has 0 aliphatic heterocycles. The SMILES string of the molecule is CN=C(NCCCOCCOC)NCc1ncccc1C.I. The van der Waals surface area contributed by atoms with Gasteiger partial charge in [-0.05, 0) is 25.0 Å². The predicted octanol–water partition coefficient (Wildman–Crippen LogP) is 1.73. The summed E-state index contributed by atoms with van der Waals surface area (Å²) in [6.45, 7) is 5.53. The lowest BCUT2D eigenvalue weighted by Crippen LogP contribution is -2.37. The van der Waals surface area contributed by atoms with Crippen LogP contribution in [0.3, 0.4) is 0 Å². The second kappa shape index (κ2) is 13.7. The van der Waals surface area contributed by atoms with Crippen molar-refractivity contribution in [2.75, 3.05) is 40.5 Å². The third kappa shape index (κ3) is 9.16. The molecule has 0 spiro atoms. The van der Waals surface area contributed by atoms with Crippen LogP contribution in [-0.2, 0) is 16.0 Å². The van der Waals surface area contributed by atoms with Crippen molar-refractivity contribution in [2.24, 2.45) is 4.99 Å². The Balaban J connectivity index is 0.00000441. The Morgan fingerprint density at radius 2 is 2.09 bits per heavy atom. The summed E-state index contributed by atoms with van der Waals surface area (Å²) in [5, 5.41) is 6.50. The van der Waals surface area contributed by atoms with Gasteiger partial charge in [0.1, 0.15) is 0 Å². The summed E-state index contributed by atoms with van der Waals surface area (Å²) in [5.41, 5.74) is 2.20. The molecule has 0 fully saturated rings. The maximum Gasteiger partial charge on any atom is 0.191 e. The molecule has 2 N–H and O–H groups in total. The molecule has 22 heavy (non-hydrogen) atoms. The number of pyridine rings is 1. The van der Waals surface area contributed by atoms with Gasteiger partial charge in [0.25, 0.3) is 0 Å². The molecule has 7 heteroatoms. The number of nitrogens with one attached hydrogen (secondary N) is 2. The Morgan fingerprint density at radius 1 is 1.27 bits per heavy atom. The first kappa shape index (κ1) is 21.1. The molecule has 126 valence electrons. The smallest absolute Gasteiger partial charge is 0.191 e. The van der Waals surface area contributed by atoms with Gasteiger partial charge in [-0.3, -0.25) is 9.98 Å². The topological polar surface area (TPSA) is 67.8 Å². The molecule has 0 atom stereocenters. The van der Waals surface area contributed by atoms with Crippen LogP contribution in [0.15, 0.2) is 23.3 Å². The van der Waals surface area contributed by atoms with Gasteiger partial charge in [0.15, 0.2) is 5.96 Å². The maximum absolute atomic E-state index is 5.40. The Labute approximate surface area is 150 Å². The fraction of sp³-hybridized carbons (Fsp3) is 0.600. The molecule has 1 aromatic heterocycles. The highest BCUT2D eigenvalue weighted by molar-refractivity contribution is 14.0. The van der Waals surface area contributed by atoms with Gasteiger partial charge in [-0.15, -0.1) is 24.0 Å². The predicted molar refractivity (Wildman–Crippen MR) is 99.9 cm³/mol. The van der Waals surface area contributed by atoms with E-state index >= 15 is 0 Å².